The number of pyridine rings is 1. The second kappa shape index (κ2) is 6.22. The summed E-state index contributed by atoms with van der Waals surface area (Å²) in [6, 6.07) is 11.6. The number of nitroso groups, excluding NO2 is 1. The van der Waals surface area contributed by atoms with Crippen molar-refractivity contribution in [1.82, 2.24) is 19.6 Å². The van der Waals surface area contributed by atoms with Gasteiger partial charge in [-0.3, -0.25) is 9.50 Å². The smallest absolute Gasteiger partial charge is 0.144 e. The minimum atomic E-state index is -0.348. The zero-order valence-electron chi connectivity index (χ0n) is 13.3. The van der Waals surface area contributed by atoms with Crippen molar-refractivity contribution in [2.75, 3.05) is 0 Å². The summed E-state index contributed by atoms with van der Waals surface area (Å²) in [6.45, 7) is -0.0867. The Balaban J connectivity index is 1.94. The molecule has 26 heavy (non-hydrogen) atoms. The summed E-state index contributed by atoms with van der Waals surface area (Å²) in [4.78, 5) is 15.0. The van der Waals surface area contributed by atoms with E-state index in [1.54, 1.807) is 28.8 Å². The number of imidazole rings is 1. The van der Waals surface area contributed by atoms with Crippen molar-refractivity contribution in [3.8, 4) is 28.5 Å². The van der Waals surface area contributed by atoms with Crippen LogP contribution in [0.25, 0.3) is 28.0 Å². The number of benzene rings is 1. The molecular formula is C18H11FN6O. The lowest BCUT2D eigenvalue weighted by Crippen LogP contribution is -1.93. The Hall–Kier alpha value is -3.86. The van der Waals surface area contributed by atoms with Crippen LogP contribution in [0.5, 0.6) is 0 Å². The normalized spacial score (nSPS) is 10.8. The van der Waals surface area contributed by atoms with E-state index in [2.05, 4.69) is 26.4 Å². The van der Waals surface area contributed by atoms with Crippen molar-refractivity contribution < 1.29 is 4.39 Å². The number of nitrogens with one attached hydrogen (secondary N) is 1. The zero-order chi connectivity index (χ0) is 18.1. The van der Waals surface area contributed by atoms with Crippen LogP contribution in [0.1, 0.15) is 11.4 Å². The summed E-state index contributed by atoms with van der Waals surface area (Å²) in [6.07, 6.45) is 3.25. The Labute approximate surface area is 146 Å². The van der Waals surface area contributed by atoms with Crippen LogP contribution in [0.3, 0.4) is 0 Å². The van der Waals surface area contributed by atoms with Gasteiger partial charge in [0.05, 0.1) is 11.9 Å². The van der Waals surface area contributed by atoms with Gasteiger partial charge in [0.25, 0.3) is 0 Å². The van der Waals surface area contributed by atoms with Crippen molar-refractivity contribution >= 4 is 5.65 Å². The highest BCUT2D eigenvalue weighted by molar-refractivity contribution is 5.82. The molecule has 126 valence electrons. The average molecular weight is 346 g/mol. The Bertz CT molecular complexity index is 1150. The average Bonchev–Trinajstić information content (AvgIpc) is 3.26. The molecular weight excluding hydrogens is 335 g/mol. The lowest BCUT2D eigenvalue weighted by Gasteiger charge is -2.07. The highest BCUT2D eigenvalue weighted by atomic mass is 19.1. The van der Waals surface area contributed by atoms with E-state index in [1.165, 1.54) is 18.3 Å². The summed E-state index contributed by atoms with van der Waals surface area (Å²) < 4.78 is 14.9. The van der Waals surface area contributed by atoms with E-state index < -0.39 is 0 Å². The highest BCUT2D eigenvalue weighted by Crippen LogP contribution is 2.34. The van der Waals surface area contributed by atoms with Gasteiger partial charge in [-0.15, -0.1) is 0 Å². The van der Waals surface area contributed by atoms with Gasteiger partial charge in [0.1, 0.15) is 35.5 Å². The molecule has 0 saturated heterocycles. The van der Waals surface area contributed by atoms with Crippen molar-refractivity contribution in [3.63, 3.8) is 0 Å². The highest BCUT2D eigenvalue weighted by Gasteiger charge is 2.18. The molecule has 3 heterocycles. The van der Waals surface area contributed by atoms with Gasteiger partial charge in [0, 0.05) is 22.9 Å². The zero-order valence-corrected chi connectivity index (χ0v) is 13.3. The number of fused-ring (bicyclic) bond motifs is 1. The minimum absolute atomic E-state index is 0.0867. The molecule has 0 bridgehead atoms. The Morgan fingerprint density at radius 2 is 1.96 bits per heavy atom. The summed E-state index contributed by atoms with van der Waals surface area (Å²) in [5.41, 5.74) is 4.24. The molecule has 0 amide bonds. The van der Waals surface area contributed by atoms with Crippen LogP contribution in [0, 0.1) is 22.1 Å². The van der Waals surface area contributed by atoms with Gasteiger partial charge < -0.3 is 0 Å². The van der Waals surface area contributed by atoms with Gasteiger partial charge >= 0.3 is 0 Å². The molecule has 0 atom stereocenters. The van der Waals surface area contributed by atoms with Gasteiger partial charge in [-0.05, 0) is 36.4 Å². The van der Waals surface area contributed by atoms with Crippen molar-refractivity contribution in [2.45, 2.75) is 6.54 Å². The second-order valence-corrected chi connectivity index (χ2v) is 5.62. The number of aromatic amines is 1. The molecule has 0 saturated carbocycles. The first-order chi connectivity index (χ1) is 12.7. The number of aromatic nitrogens is 4. The summed E-state index contributed by atoms with van der Waals surface area (Å²) in [5, 5.41) is 19.3. The molecule has 0 aliphatic rings. The van der Waals surface area contributed by atoms with E-state index in [0.29, 0.717) is 33.9 Å². The first kappa shape index (κ1) is 15.7. The molecule has 0 fully saturated rings. The maximum Gasteiger partial charge on any atom is 0.144 e. The minimum Gasteiger partial charge on any atom is -0.291 e. The van der Waals surface area contributed by atoms with Gasteiger partial charge in [-0.2, -0.15) is 15.3 Å². The summed E-state index contributed by atoms with van der Waals surface area (Å²) in [5.74, 6) is -0.348. The van der Waals surface area contributed by atoms with Gasteiger partial charge in [0.2, 0.25) is 0 Å². The van der Waals surface area contributed by atoms with Crippen LogP contribution < -0.4 is 0 Å². The first-order valence-corrected chi connectivity index (χ1v) is 7.71. The number of nitriles is 1. The largest absolute Gasteiger partial charge is 0.291 e. The molecule has 4 rings (SSSR count). The van der Waals surface area contributed by atoms with E-state index in [-0.39, 0.29) is 12.4 Å². The molecule has 0 radical (unpaired) electrons. The van der Waals surface area contributed by atoms with Gasteiger partial charge in [-0.1, -0.05) is 5.18 Å². The van der Waals surface area contributed by atoms with E-state index >= 15 is 0 Å². The van der Waals surface area contributed by atoms with Crippen LogP contribution in [-0.2, 0) is 6.54 Å². The fourth-order valence-electron chi connectivity index (χ4n) is 2.90. The predicted octanol–water partition coefficient (Wildman–Crippen LogP) is 3.67. The third-order valence-electron chi connectivity index (χ3n) is 4.09. The molecule has 0 aliphatic carbocycles. The molecule has 4 aromatic rings. The lowest BCUT2D eigenvalue weighted by atomic mass is 10.00. The molecule has 7 nitrogen and oxygen atoms in total. The molecule has 3 aromatic heterocycles. The maximum absolute atomic E-state index is 13.2. The van der Waals surface area contributed by atoms with Crippen molar-refractivity contribution in [3.05, 3.63) is 70.9 Å². The van der Waals surface area contributed by atoms with Gasteiger partial charge in [0.15, 0.2) is 0 Å². The number of hydrogen-bond acceptors (Lipinski definition) is 5. The molecule has 0 aliphatic heterocycles. The van der Waals surface area contributed by atoms with Crippen LogP contribution in [0.15, 0.2) is 54.0 Å². The first-order valence-electron chi connectivity index (χ1n) is 7.71. The van der Waals surface area contributed by atoms with E-state index in [1.807, 2.05) is 6.07 Å². The standard InChI is InChI=1S/C18H11FN6O/c19-13-4-1-11(2-5-13)18-17(15(9-22-26)23-24-18)12-3-6-16-21-8-14(7-20)25(16)10-12/h1-6,8,10H,9H2,(H,23,24). The lowest BCUT2D eigenvalue weighted by molar-refractivity contribution is 0.628. The third-order valence-corrected chi connectivity index (χ3v) is 4.09. The molecule has 0 spiro atoms. The summed E-state index contributed by atoms with van der Waals surface area (Å²) in [7, 11) is 0. The number of H-pyrrole nitrogens is 1. The molecule has 0 unspecified atom stereocenters. The monoisotopic (exact) mass is 346 g/mol. The molecule has 1 N–H and O–H groups in total. The van der Waals surface area contributed by atoms with Crippen molar-refractivity contribution in [2.24, 2.45) is 5.18 Å². The van der Waals surface area contributed by atoms with E-state index in [9.17, 15) is 14.6 Å². The van der Waals surface area contributed by atoms with Crippen LogP contribution in [-0.4, -0.2) is 19.6 Å². The Kier molecular flexibility index (Phi) is 3.74. The molecule has 1 aromatic carbocycles. The summed E-state index contributed by atoms with van der Waals surface area (Å²) >= 11 is 0. The van der Waals surface area contributed by atoms with E-state index in [0.717, 1.165) is 5.56 Å². The van der Waals surface area contributed by atoms with Crippen LogP contribution >= 0.6 is 0 Å². The van der Waals surface area contributed by atoms with Crippen molar-refractivity contribution in [1.29, 1.82) is 5.26 Å². The van der Waals surface area contributed by atoms with E-state index in [4.69, 9.17) is 0 Å². The number of nitrogens with zero attached hydrogens (tertiary/aromatic N) is 5. The SMILES string of the molecule is N#Cc1cnc2ccc(-c3c(-c4ccc(F)cc4)n[nH]c3CN=O)cn12. The Morgan fingerprint density at radius 1 is 1.19 bits per heavy atom. The number of halogens is 1. The quantitative estimate of drug-likeness (QED) is 0.570. The number of hydrogen-bond donors (Lipinski definition) is 1. The fraction of sp³-hybridized carbons (Fsp3) is 0.0556. The third kappa shape index (κ3) is 2.52. The predicted molar refractivity (Wildman–Crippen MR) is 92.4 cm³/mol. The van der Waals surface area contributed by atoms with Gasteiger partial charge in [-0.25, -0.2) is 9.37 Å². The Morgan fingerprint density at radius 3 is 2.69 bits per heavy atom. The van der Waals surface area contributed by atoms with Crippen LogP contribution in [0.4, 0.5) is 4.39 Å². The second-order valence-electron chi connectivity index (χ2n) is 5.62. The maximum atomic E-state index is 13.2. The topological polar surface area (TPSA) is 99.2 Å². The fourth-order valence-corrected chi connectivity index (χ4v) is 2.90. The number of rotatable bonds is 4. The van der Waals surface area contributed by atoms with Crippen LogP contribution in [0.2, 0.25) is 0 Å². The molecule has 8 heteroatoms.